The number of phosphoric acid groups is 1. The van der Waals surface area contributed by atoms with Gasteiger partial charge in [-0.15, -0.1) is 0 Å². The van der Waals surface area contributed by atoms with Crippen molar-refractivity contribution in [1.29, 1.82) is 0 Å². The highest BCUT2D eigenvalue weighted by Gasteiger charge is 2.21. The maximum absolute atomic E-state index is 12.7. The molecule has 0 saturated carbocycles. The lowest BCUT2D eigenvalue weighted by Gasteiger charge is -2.28. The maximum atomic E-state index is 12.7. The smallest absolute Gasteiger partial charge is 0.306 e. The number of esters is 2. The van der Waals surface area contributed by atoms with Gasteiger partial charge in [-0.05, 0) is 44.9 Å². The van der Waals surface area contributed by atoms with E-state index in [1.165, 1.54) is 148 Å². The average Bonchev–Trinajstić information content (AvgIpc) is 3.20. The second-order valence-corrected chi connectivity index (χ2v) is 19.6. The van der Waals surface area contributed by atoms with Gasteiger partial charge in [0.25, 0.3) is 7.82 Å². The van der Waals surface area contributed by atoms with Gasteiger partial charge >= 0.3 is 11.9 Å². The number of hydrogen-bond donors (Lipinski definition) is 0. The molecule has 0 N–H and O–H groups in total. The Morgan fingerprint density at radius 1 is 0.517 bits per heavy atom. The molecular formula is C50H96NO8P. The van der Waals surface area contributed by atoms with Gasteiger partial charge in [0.15, 0.2) is 6.10 Å². The molecule has 0 aromatic heterocycles. The van der Waals surface area contributed by atoms with Gasteiger partial charge in [0, 0.05) is 12.8 Å². The van der Waals surface area contributed by atoms with Crippen LogP contribution >= 0.6 is 7.82 Å². The molecular weight excluding hydrogens is 774 g/mol. The van der Waals surface area contributed by atoms with E-state index in [4.69, 9.17) is 18.5 Å². The number of carbonyl (C=O) groups is 2. The average molecular weight is 870 g/mol. The van der Waals surface area contributed by atoms with Crippen LogP contribution < -0.4 is 4.89 Å². The van der Waals surface area contributed by atoms with Crippen LogP contribution in [0.2, 0.25) is 0 Å². The summed E-state index contributed by atoms with van der Waals surface area (Å²) < 4.78 is 34.0. The summed E-state index contributed by atoms with van der Waals surface area (Å²) in [7, 11) is 1.17. The molecule has 0 amide bonds. The topological polar surface area (TPSA) is 111 Å². The molecule has 60 heavy (non-hydrogen) atoms. The van der Waals surface area contributed by atoms with Crippen LogP contribution in [-0.2, 0) is 32.7 Å². The van der Waals surface area contributed by atoms with Crippen LogP contribution in [0.15, 0.2) is 24.3 Å². The fourth-order valence-electron chi connectivity index (χ4n) is 7.04. The highest BCUT2D eigenvalue weighted by molar-refractivity contribution is 7.45. The van der Waals surface area contributed by atoms with Crippen LogP contribution in [0, 0.1) is 0 Å². The molecule has 2 unspecified atom stereocenters. The zero-order chi connectivity index (χ0) is 44.3. The number of hydrogen-bond acceptors (Lipinski definition) is 8. The van der Waals surface area contributed by atoms with Gasteiger partial charge in [0.1, 0.15) is 19.8 Å². The van der Waals surface area contributed by atoms with Gasteiger partial charge < -0.3 is 27.9 Å². The fraction of sp³-hybridized carbons (Fsp3) is 0.880. The lowest BCUT2D eigenvalue weighted by atomic mass is 10.0. The molecule has 0 saturated heterocycles. The minimum Gasteiger partial charge on any atom is -0.756 e. The number of unbranched alkanes of at least 4 members (excludes halogenated alkanes) is 28. The molecule has 9 nitrogen and oxygen atoms in total. The largest absolute Gasteiger partial charge is 0.756 e. The van der Waals surface area contributed by atoms with Crippen molar-refractivity contribution in [2.45, 2.75) is 238 Å². The summed E-state index contributed by atoms with van der Waals surface area (Å²) >= 11 is 0. The van der Waals surface area contributed by atoms with E-state index in [9.17, 15) is 19.0 Å². The van der Waals surface area contributed by atoms with Crippen molar-refractivity contribution in [2.75, 3.05) is 47.5 Å². The molecule has 0 bridgehead atoms. The van der Waals surface area contributed by atoms with Crippen molar-refractivity contribution in [3.63, 3.8) is 0 Å². The standard InChI is InChI=1S/C50H96NO8P/c1-6-8-10-12-14-16-18-20-22-24-25-27-29-31-33-35-37-39-41-43-50(53)59-48(47-58-60(54,55)57-45-44-51(3,4)5)46-56-49(52)42-40-38-36-34-32-30-28-26-23-21-19-17-15-13-11-9-7-2/h14,16,20,22,48H,6-13,15,17-19,21,23-47H2,1-5H3/b16-14-,22-20-. The molecule has 0 aromatic carbocycles. The maximum Gasteiger partial charge on any atom is 0.306 e. The molecule has 0 fully saturated rings. The predicted molar refractivity (Wildman–Crippen MR) is 250 cm³/mol. The van der Waals surface area contributed by atoms with Gasteiger partial charge in [-0.1, -0.05) is 199 Å². The lowest BCUT2D eigenvalue weighted by Crippen LogP contribution is -2.37. The fourth-order valence-corrected chi connectivity index (χ4v) is 7.77. The van der Waals surface area contributed by atoms with Gasteiger partial charge in [0.2, 0.25) is 0 Å². The first-order chi connectivity index (χ1) is 29.0. The van der Waals surface area contributed by atoms with Crippen molar-refractivity contribution < 1.29 is 42.1 Å². The zero-order valence-electron chi connectivity index (χ0n) is 39.9. The van der Waals surface area contributed by atoms with Crippen LogP contribution in [0.1, 0.15) is 232 Å². The quantitative estimate of drug-likeness (QED) is 0.0195. The van der Waals surface area contributed by atoms with Crippen molar-refractivity contribution in [3.05, 3.63) is 24.3 Å². The van der Waals surface area contributed by atoms with E-state index in [0.29, 0.717) is 17.4 Å². The van der Waals surface area contributed by atoms with Gasteiger partial charge in [-0.3, -0.25) is 14.2 Å². The van der Waals surface area contributed by atoms with E-state index >= 15 is 0 Å². The number of nitrogens with zero attached hydrogens (tertiary/aromatic N) is 1. The van der Waals surface area contributed by atoms with E-state index in [0.717, 1.165) is 51.4 Å². The highest BCUT2D eigenvalue weighted by Crippen LogP contribution is 2.38. The predicted octanol–water partition coefficient (Wildman–Crippen LogP) is 14.1. The Hall–Kier alpha value is -1.51. The molecule has 0 rings (SSSR count). The summed E-state index contributed by atoms with van der Waals surface area (Å²) in [4.78, 5) is 37.7. The van der Waals surface area contributed by atoms with Crippen LogP contribution in [0.3, 0.4) is 0 Å². The molecule has 0 radical (unpaired) electrons. The van der Waals surface area contributed by atoms with Crippen molar-refractivity contribution >= 4 is 19.8 Å². The number of quaternary nitrogens is 1. The van der Waals surface area contributed by atoms with E-state index in [1.807, 2.05) is 21.1 Å². The molecule has 0 heterocycles. The Labute approximate surface area is 370 Å². The minimum atomic E-state index is -4.63. The molecule has 0 aliphatic heterocycles. The number of allylic oxidation sites excluding steroid dienone is 4. The number of likely N-dealkylation sites (N-methyl/N-ethyl adjacent to an activating group) is 1. The second kappa shape index (κ2) is 42.8. The van der Waals surface area contributed by atoms with Crippen LogP contribution in [0.25, 0.3) is 0 Å². The first-order valence-electron chi connectivity index (χ1n) is 25.0. The van der Waals surface area contributed by atoms with Gasteiger partial charge in [-0.25, -0.2) is 0 Å². The SMILES string of the molecule is CCCCC/C=C\C/C=C\CCCCCCCCCCCC(=O)OC(COC(=O)CCCCCCCCCCCCCCCCCCC)COP(=O)([O-])OCC[N+](C)(C)C. The molecule has 0 aromatic rings. The minimum absolute atomic E-state index is 0.0295. The molecule has 10 heteroatoms. The summed E-state index contributed by atoms with van der Waals surface area (Å²) in [5, 5.41) is 0. The third-order valence-corrected chi connectivity index (χ3v) is 11.9. The van der Waals surface area contributed by atoms with Crippen LogP contribution in [-0.4, -0.2) is 70.0 Å². The Morgan fingerprint density at radius 3 is 1.35 bits per heavy atom. The summed E-state index contributed by atoms with van der Waals surface area (Å²) in [6, 6.07) is 0. The first kappa shape index (κ1) is 58.5. The molecule has 0 aliphatic carbocycles. The molecule has 0 spiro atoms. The highest BCUT2D eigenvalue weighted by atomic mass is 31.2. The third kappa shape index (κ3) is 46.0. The van der Waals surface area contributed by atoms with Crippen molar-refractivity contribution in [3.8, 4) is 0 Å². The van der Waals surface area contributed by atoms with E-state index in [1.54, 1.807) is 0 Å². The molecule has 354 valence electrons. The number of ether oxygens (including phenoxy) is 2. The third-order valence-electron chi connectivity index (χ3n) is 11.0. The number of carbonyl (C=O) groups excluding carboxylic acids is 2. The summed E-state index contributed by atoms with van der Waals surface area (Å²) in [6.45, 7) is 4.24. The Balaban J connectivity index is 4.25. The second-order valence-electron chi connectivity index (χ2n) is 18.2. The normalized spacial score (nSPS) is 13.6. The van der Waals surface area contributed by atoms with E-state index in [2.05, 4.69) is 38.2 Å². The Kier molecular flexibility index (Phi) is 41.7. The van der Waals surface area contributed by atoms with Crippen LogP contribution in [0.5, 0.6) is 0 Å². The monoisotopic (exact) mass is 870 g/mol. The van der Waals surface area contributed by atoms with Crippen molar-refractivity contribution in [1.82, 2.24) is 0 Å². The first-order valence-corrected chi connectivity index (χ1v) is 26.5. The zero-order valence-corrected chi connectivity index (χ0v) is 40.8. The Bertz CT molecular complexity index is 1070. The van der Waals surface area contributed by atoms with E-state index in [-0.39, 0.29) is 32.0 Å². The van der Waals surface area contributed by atoms with Gasteiger partial charge in [-0.2, -0.15) is 0 Å². The van der Waals surface area contributed by atoms with E-state index < -0.39 is 26.5 Å². The number of rotatable bonds is 46. The van der Waals surface area contributed by atoms with Gasteiger partial charge in [0.05, 0.1) is 27.7 Å². The van der Waals surface area contributed by atoms with Crippen molar-refractivity contribution in [2.24, 2.45) is 0 Å². The lowest BCUT2D eigenvalue weighted by molar-refractivity contribution is -0.870. The summed E-state index contributed by atoms with van der Waals surface area (Å²) in [6.07, 6.45) is 47.7. The summed E-state index contributed by atoms with van der Waals surface area (Å²) in [5.74, 6) is -0.827. The Morgan fingerprint density at radius 2 is 0.900 bits per heavy atom. The molecule has 0 aliphatic rings. The summed E-state index contributed by atoms with van der Waals surface area (Å²) in [5.41, 5.74) is 0. The number of phosphoric ester groups is 1. The molecule has 2 atom stereocenters. The van der Waals surface area contributed by atoms with Crippen LogP contribution in [0.4, 0.5) is 0 Å².